The summed E-state index contributed by atoms with van der Waals surface area (Å²) in [5, 5.41) is 12.7. The Morgan fingerprint density at radius 1 is 1.31 bits per heavy atom. The van der Waals surface area contributed by atoms with Gasteiger partial charge in [-0.25, -0.2) is 4.98 Å². The van der Waals surface area contributed by atoms with Crippen LogP contribution in [0.4, 0.5) is 0 Å². The number of carbonyl (C=O) groups excluding carboxylic acids is 1. The zero-order valence-corrected chi connectivity index (χ0v) is 18.4. The molecule has 1 unspecified atom stereocenters. The molecular weight excluding hydrogens is 412 g/mol. The minimum atomic E-state index is -1.01. The van der Waals surface area contributed by atoms with Crippen molar-refractivity contribution in [1.29, 1.82) is 0 Å². The van der Waals surface area contributed by atoms with E-state index in [4.69, 9.17) is 21.1 Å². The lowest BCUT2D eigenvalue weighted by atomic mass is 9.96. The highest BCUT2D eigenvalue weighted by Gasteiger charge is 2.36. The second-order valence-corrected chi connectivity index (χ2v) is 8.80. The first kappa shape index (κ1) is 22.0. The molecule has 2 aromatic rings. The van der Waals surface area contributed by atoms with Crippen LogP contribution in [0.15, 0.2) is 24.3 Å². The average molecular weight is 439 g/mol. The first-order chi connectivity index (χ1) is 13.9. The summed E-state index contributed by atoms with van der Waals surface area (Å²) < 4.78 is 10.8. The van der Waals surface area contributed by atoms with Gasteiger partial charge in [0.05, 0.1) is 23.6 Å². The molecule has 6 nitrogen and oxygen atoms in total. The molecule has 1 saturated heterocycles. The van der Waals surface area contributed by atoms with Crippen molar-refractivity contribution < 1.29 is 19.4 Å². The lowest BCUT2D eigenvalue weighted by molar-refractivity contribution is -0.132. The van der Waals surface area contributed by atoms with Crippen molar-refractivity contribution >= 4 is 28.8 Å². The molecule has 1 atom stereocenters. The summed E-state index contributed by atoms with van der Waals surface area (Å²) in [5.41, 5.74) is -0.144. The summed E-state index contributed by atoms with van der Waals surface area (Å²) >= 11 is 7.39. The molecule has 0 bridgehead atoms. The van der Waals surface area contributed by atoms with E-state index in [2.05, 4.69) is 4.98 Å². The molecule has 0 aliphatic carbocycles. The van der Waals surface area contributed by atoms with Crippen LogP contribution in [0.3, 0.4) is 0 Å². The summed E-state index contributed by atoms with van der Waals surface area (Å²) in [6.45, 7) is 3.92. The van der Waals surface area contributed by atoms with Crippen molar-refractivity contribution in [2.24, 2.45) is 0 Å². The number of aliphatic hydroxyl groups is 1. The fraction of sp³-hybridized carbons (Fsp3) is 0.524. The van der Waals surface area contributed by atoms with Gasteiger partial charge in [-0.3, -0.25) is 4.79 Å². The minimum Gasteiger partial charge on any atom is -0.488 e. The molecule has 2 heterocycles. The van der Waals surface area contributed by atoms with Crippen LogP contribution in [-0.2, 0) is 21.7 Å². The van der Waals surface area contributed by atoms with Gasteiger partial charge >= 0.3 is 0 Å². The number of thiazole rings is 1. The second kappa shape index (κ2) is 9.89. The van der Waals surface area contributed by atoms with Gasteiger partial charge in [-0.1, -0.05) is 11.6 Å². The summed E-state index contributed by atoms with van der Waals surface area (Å²) in [6, 6.07) is 7.23. The zero-order valence-electron chi connectivity index (χ0n) is 16.8. The number of methoxy groups -OCH3 is 1. The van der Waals surface area contributed by atoms with E-state index in [-0.39, 0.29) is 5.91 Å². The largest absolute Gasteiger partial charge is 0.488 e. The molecule has 1 aliphatic heterocycles. The Morgan fingerprint density at radius 3 is 2.79 bits per heavy atom. The number of rotatable bonds is 7. The van der Waals surface area contributed by atoms with Crippen LogP contribution in [0.5, 0.6) is 5.75 Å². The summed E-state index contributed by atoms with van der Waals surface area (Å²) in [5.74, 6) is 0.811. The van der Waals surface area contributed by atoms with Crippen LogP contribution >= 0.6 is 22.9 Å². The lowest BCUT2D eigenvalue weighted by Crippen LogP contribution is -2.34. The van der Waals surface area contributed by atoms with Gasteiger partial charge in [-0.15, -0.1) is 11.3 Å². The molecule has 1 fully saturated rings. The first-order valence-corrected chi connectivity index (χ1v) is 10.9. The van der Waals surface area contributed by atoms with Gasteiger partial charge in [0.1, 0.15) is 23.0 Å². The Hall–Kier alpha value is -1.67. The van der Waals surface area contributed by atoms with Crippen LogP contribution in [0.25, 0.3) is 0 Å². The van der Waals surface area contributed by atoms with Crippen LogP contribution in [0, 0.1) is 6.92 Å². The monoisotopic (exact) mass is 438 g/mol. The summed E-state index contributed by atoms with van der Waals surface area (Å²) in [6.07, 6.45) is 2.18. The van der Waals surface area contributed by atoms with E-state index in [1.165, 1.54) is 11.3 Å². The van der Waals surface area contributed by atoms with Gasteiger partial charge in [-0.05, 0) is 44.0 Å². The fourth-order valence-electron chi connectivity index (χ4n) is 3.37. The van der Waals surface area contributed by atoms with E-state index in [1.807, 2.05) is 24.0 Å². The van der Waals surface area contributed by atoms with Crippen molar-refractivity contribution in [1.82, 2.24) is 9.88 Å². The maximum absolute atomic E-state index is 12.3. The van der Waals surface area contributed by atoms with Gasteiger partial charge in [-0.2, -0.15) is 0 Å². The van der Waals surface area contributed by atoms with Crippen LogP contribution in [0.1, 0.15) is 41.3 Å². The van der Waals surface area contributed by atoms with E-state index in [9.17, 15) is 9.90 Å². The van der Waals surface area contributed by atoms with Crippen molar-refractivity contribution in [3.05, 3.63) is 44.9 Å². The number of hydrogen-bond donors (Lipinski definition) is 1. The minimum absolute atomic E-state index is 0.0727. The van der Waals surface area contributed by atoms with Crippen molar-refractivity contribution in [3.63, 3.8) is 0 Å². The third-order valence-corrected chi connectivity index (χ3v) is 6.74. The van der Waals surface area contributed by atoms with E-state index in [1.54, 1.807) is 19.2 Å². The smallest absolute Gasteiger partial charge is 0.224 e. The fourth-order valence-corrected chi connectivity index (χ4v) is 4.62. The van der Waals surface area contributed by atoms with Crippen molar-refractivity contribution in [2.75, 3.05) is 26.8 Å². The van der Waals surface area contributed by atoms with Gasteiger partial charge in [0.2, 0.25) is 5.91 Å². The van der Waals surface area contributed by atoms with Gasteiger partial charge in [0, 0.05) is 31.6 Å². The maximum Gasteiger partial charge on any atom is 0.224 e. The quantitative estimate of drug-likeness (QED) is 0.709. The molecule has 0 spiro atoms. The average Bonchev–Trinajstić information content (AvgIpc) is 2.97. The topological polar surface area (TPSA) is 71.9 Å². The third kappa shape index (κ3) is 5.69. The van der Waals surface area contributed by atoms with Crippen LogP contribution < -0.4 is 4.74 Å². The molecule has 3 rings (SSSR count). The Kier molecular flexibility index (Phi) is 7.51. The molecular formula is C21H27ClN2O4S. The summed E-state index contributed by atoms with van der Waals surface area (Å²) in [4.78, 5) is 19.7. The predicted octanol–water partition coefficient (Wildman–Crippen LogP) is 3.92. The van der Waals surface area contributed by atoms with Crippen molar-refractivity contribution in [2.45, 2.75) is 44.8 Å². The number of carbonyl (C=O) groups is 1. The highest BCUT2D eigenvalue weighted by atomic mass is 35.5. The number of ether oxygens (including phenoxy) is 2. The Bertz CT molecular complexity index is 827. The lowest BCUT2D eigenvalue weighted by Gasteiger charge is -2.24. The standard InChI is InChI=1S/C21H27ClN2O4S/c1-15-18(14-28-17-6-4-16(22)5-7-17)29-20(23-15)21(26)9-3-11-24(12-10-21)19(25)8-13-27-2/h4-7,26H,3,8-14H2,1-2H3. The molecule has 29 heavy (non-hydrogen) atoms. The molecule has 1 N–H and O–H groups in total. The molecule has 0 saturated carbocycles. The van der Waals surface area contributed by atoms with Crippen LogP contribution in [-0.4, -0.2) is 47.7 Å². The molecule has 0 radical (unpaired) electrons. The number of nitrogens with zero attached hydrogens (tertiary/aromatic N) is 2. The zero-order chi connectivity index (χ0) is 20.9. The number of likely N-dealkylation sites (tertiary alicyclic amines) is 1. The molecule has 8 heteroatoms. The van der Waals surface area contributed by atoms with Gasteiger partial charge < -0.3 is 19.5 Å². The number of hydrogen-bond acceptors (Lipinski definition) is 6. The number of halogens is 1. The molecule has 1 aromatic carbocycles. The number of benzene rings is 1. The molecule has 158 valence electrons. The Balaban J connectivity index is 1.64. The third-order valence-electron chi connectivity index (χ3n) is 5.16. The SMILES string of the molecule is COCCC(=O)N1CCCC(O)(c2nc(C)c(COc3ccc(Cl)cc3)s2)CC1. The first-order valence-electron chi connectivity index (χ1n) is 9.75. The van der Waals surface area contributed by atoms with Crippen molar-refractivity contribution in [3.8, 4) is 5.75 Å². The number of amides is 1. The van der Waals surface area contributed by atoms with E-state index < -0.39 is 5.60 Å². The Labute approximate surface area is 180 Å². The molecule has 1 aromatic heterocycles. The van der Waals surface area contributed by atoms with Gasteiger partial charge in [0.25, 0.3) is 0 Å². The highest BCUT2D eigenvalue weighted by molar-refractivity contribution is 7.11. The van der Waals surface area contributed by atoms with Crippen LogP contribution in [0.2, 0.25) is 5.02 Å². The number of aromatic nitrogens is 1. The maximum atomic E-state index is 12.3. The highest BCUT2D eigenvalue weighted by Crippen LogP contribution is 2.37. The molecule has 1 amide bonds. The van der Waals surface area contributed by atoms with Gasteiger partial charge in [0.15, 0.2) is 0 Å². The Morgan fingerprint density at radius 2 is 2.07 bits per heavy atom. The van der Waals surface area contributed by atoms with E-state index in [0.717, 1.165) is 22.7 Å². The van der Waals surface area contributed by atoms with E-state index in [0.29, 0.717) is 55.6 Å². The summed E-state index contributed by atoms with van der Waals surface area (Å²) in [7, 11) is 1.59. The van der Waals surface area contributed by atoms with E-state index >= 15 is 0 Å². The number of aryl methyl sites for hydroxylation is 1. The normalized spacial score (nSPS) is 19.8. The molecule has 1 aliphatic rings. The predicted molar refractivity (Wildman–Crippen MR) is 113 cm³/mol. The second-order valence-electron chi connectivity index (χ2n) is 7.28.